The van der Waals surface area contributed by atoms with Gasteiger partial charge in [-0.2, -0.15) is 0 Å². The number of anilines is 1. The maximum absolute atomic E-state index is 13.9. The summed E-state index contributed by atoms with van der Waals surface area (Å²) in [5.41, 5.74) is 1.32. The normalized spacial score (nSPS) is 21.4. The van der Waals surface area contributed by atoms with E-state index in [0.29, 0.717) is 35.5 Å². The number of carbonyl (C=O) groups excluding carboxylic acids is 5. The van der Waals surface area contributed by atoms with Gasteiger partial charge in [-0.05, 0) is 73.9 Å². The molecule has 1 N–H and O–H groups in total. The van der Waals surface area contributed by atoms with Crippen LogP contribution in [0.25, 0.3) is 5.03 Å². The number of ether oxygens (including phenoxy) is 5. The Morgan fingerprint density at radius 2 is 1.61 bits per heavy atom. The number of esters is 4. The van der Waals surface area contributed by atoms with Crippen LogP contribution in [0.5, 0.6) is 0 Å². The zero-order chi connectivity index (χ0) is 35.6. The van der Waals surface area contributed by atoms with E-state index in [1.165, 1.54) is 26.0 Å². The lowest BCUT2D eigenvalue weighted by Gasteiger charge is -2.47. The lowest BCUT2D eigenvalue weighted by Crippen LogP contribution is -2.48. The van der Waals surface area contributed by atoms with Gasteiger partial charge in [0.1, 0.15) is 0 Å². The van der Waals surface area contributed by atoms with Crippen molar-refractivity contribution in [1.29, 1.82) is 0 Å². The molecule has 2 aliphatic carbocycles. The van der Waals surface area contributed by atoms with Gasteiger partial charge < -0.3 is 23.7 Å². The van der Waals surface area contributed by atoms with Gasteiger partial charge in [0.25, 0.3) is 0 Å². The fourth-order valence-corrected chi connectivity index (χ4v) is 6.62. The molecule has 0 unspecified atom stereocenters. The Hall–Kier alpha value is -4.42. The number of carbonyl (C=O) groups is 5. The summed E-state index contributed by atoms with van der Waals surface area (Å²) in [4.78, 5) is 60.9. The smallest absolute Gasteiger partial charge is 0.411 e. The number of benzene rings is 2. The van der Waals surface area contributed by atoms with Crippen molar-refractivity contribution in [3.63, 3.8) is 0 Å². The largest absolute Gasteiger partial charge is 0.449 e. The molecular formula is C36H37BrClNO10. The molecule has 2 aromatic carbocycles. The molecule has 11 nitrogen and oxygen atoms in total. The highest BCUT2D eigenvalue weighted by atomic mass is 79.9. The second-order valence-corrected chi connectivity index (χ2v) is 13.1. The number of fused-ring (bicyclic) bond motifs is 1. The van der Waals surface area contributed by atoms with Crippen LogP contribution < -0.4 is 5.32 Å². The average molecular weight is 759 g/mol. The molecule has 2 aliphatic rings. The highest BCUT2D eigenvalue weighted by Gasteiger charge is 2.53. The number of hydrogen-bond acceptors (Lipinski definition) is 10. The van der Waals surface area contributed by atoms with E-state index in [0.717, 1.165) is 10.0 Å². The van der Waals surface area contributed by atoms with E-state index in [1.54, 1.807) is 36.4 Å². The van der Waals surface area contributed by atoms with E-state index in [9.17, 15) is 24.0 Å². The maximum atomic E-state index is 13.9. The molecule has 49 heavy (non-hydrogen) atoms. The van der Waals surface area contributed by atoms with Crippen LogP contribution in [0.4, 0.5) is 10.5 Å². The SMILES string of the molecule is CC(=O)OCOC(=O)c1ccc(/C(Cl)=C/[C@@H]2C=C(C)C[C@H]3C[C@H](CCOC(=O)Nc4cccc(Br)c4)C=C[C@]32C(=O)OCOC(C)=O)cc1. The van der Waals surface area contributed by atoms with Crippen LogP contribution in [0, 0.1) is 23.2 Å². The first-order valence-electron chi connectivity index (χ1n) is 15.5. The zero-order valence-corrected chi connectivity index (χ0v) is 29.6. The van der Waals surface area contributed by atoms with E-state index in [4.69, 9.17) is 30.5 Å². The minimum atomic E-state index is -1.16. The first-order chi connectivity index (χ1) is 23.4. The van der Waals surface area contributed by atoms with E-state index in [-0.39, 0.29) is 24.0 Å². The number of halogens is 2. The van der Waals surface area contributed by atoms with Gasteiger partial charge in [-0.1, -0.05) is 75.6 Å². The first kappa shape index (κ1) is 37.4. The minimum Gasteiger partial charge on any atom is -0.449 e. The molecule has 2 aromatic rings. The molecule has 4 atom stereocenters. The van der Waals surface area contributed by atoms with E-state index >= 15 is 0 Å². The van der Waals surface area contributed by atoms with Crippen molar-refractivity contribution >= 4 is 68.2 Å². The number of nitrogens with one attached hydrogen (secondary N) is 1. The first-order valence-corrected chi connectivity index (χ1v) is 16.7. The number of hydrogen-bond donors (Lipinski definition) is 1. The molecule has 13 heteroatoms. The Kier molecular flexibility index (Phi) is 13.2. The number of allylic oxidation sites excluding steroid dienone is 4. The Bertz CT molecular complexity index is 1650. The van der Waals surface area contributed by atoms with Crippen LogP contribution >= 0.6 is 27.5 Å². The average Bonchev–Trinajstić information content (AvgIpc) is 3.04. The monoisotopic (exact) mass is 757 g/mol. The van der Waals surface area contributed by atoms with Crippen molar-refractivity contribution < 1.29 is 47.7 Å². The predicted octanol–water partition coefficient (Wildman–Crippen LogP) is 7.55. The van der Waals surface area contributed by atoms with E-state index < -0.39 is 54.9 Å². The van der Waals surface area contributed by atoms with E-state index in [2.05, 4.69) is 26.0 Å². The van der Waals surface area contributed by atoms with Crippen LogP contribution in [-0.4, -0.2) is 50.2 Å². The van der Waals surface area contributed by atoms with Gasteiger partial charge in [0, 0.05) is 35.0 Å². The van der Waals surface area contributed by atoms with Gasteiger partial charge in [0.05, 0.1) is 17.6 Å². The van der Waals surface area contributed by atoms with Gasteiger partial charge in [-0.25, -0.2) is 9.59 Å². The Labute approximate surface area is 297 Å². The van der Waals surface area contributed by atoms with Gasteiger partial charge >= 0.3 is 30.0 Å². The quantitative estimate of drug-likeness (QED) is 0.0997. The molecule has 260 valence electrons. The molecule has 4 rings (SSSR count). The summed E-state index contributed by atoms with van der Waals surface area (Å²) < 4.78 is 26.3. The summed E-state index contributed by atoms with van der Waals surface area (Å²) in [6, 6.07) is 13.5. The van der Waals surface area contributed by atoms with Crippen molar-refractivity contribution in [3.05, 3.63) is 94.0 Å². The minimum absolute atomic E-state index is 0.0113. The molecule has 0 aromatic heterocycles. The van der Waals surface area contributed by atoms with Gasteiger partial charge in [0.2, 0.25) is 13.6 Å². The lowest BCUT2D eigenvalue weighted by atomic mass is 9.56. The van der Waals surface area contributed by atoms with Gasteiger partial charge in [0.15, 0.2) is 0 Å². The van der Waals surface area contributed by atoms with Gasteiger partial charge in [-0.15, -0.1) is 0 Å². The second kappa shape index (κ2) is 17.3. The second-order valence-electron chi connectivity index (χ2n) is 11.8. The van der Waals surface area contributed by atoms with Crippen LogP contribution in [0.1, 0.15) is 56.0 Å². The third-order valence-electron chi connectivity index (χ3n) is 8.26. The van der Waals surface area contributed by atoms with Crippen LogP contribution in [0.2, 0.25) is 0 Å². The summed E-state index contributed by atoms with van der Waals surface area (Å²) >= 11 is 10.2. The molecule has 0 heterocycles. The topological polar surface area (TPSA) is 144 Å². The fourth-order valence-electron chi connectivity index (χ4n) is 5.96. The lowest BCUT2D eigenvalue weighted by molar-refractivity contribution is -0.176. The fraction of sp³-hybridized carbons (Fsp3) is 0.361. The predicted molar refractivity (Wildman–Crippen MR) is 184 cm³/mol. The van der Waals surface area contributed by atoms with Crippen LogP contribution in [0.3, 0.4) is 0 Å². The summed E-state index contributed by atoms with van der Waals surface area (Å²) in [7, 11) is 0. The van der Waals surface area contributed by atoms with Crippen LogP contribution in [0.15, 0.2) is 82.9 Å². The summed E-state index contributed by atoms with van der Waals surface area (Å²) in [6.45, 7) is 3.57. The molecular weight excluding hydrogens is 722 g/mol. The Morgan fingerprint density at radius 3 is 2.29 bits per heavy atom. The summed E-state index contributed by atoms with van der Waals surface area (Å²) in [6.07, 6.45) is 8.73. The van der Waals surface area contributed by atoms with Crippen molar-refractivity contribution in [1.82, 2.24) is 0 Å². The molecule has 0 saturated heterocycles. The highest BCUT2D eigenvalue weighted by molar-refractivity contribution is 9.10. The summed E-state index contributed by atoms with van der Waals surface area (Å²) in [5, 5.41) is 3.04. The number of amides is 1. The molecule has 0 saturated carbocycles. The Morgan fingerprint density at radius 1 is 0.939 bits per heavy atom. The molecule has 0 spiro atoms. The highest BCUT2D eigenvalue weighted by Crippen LogP contribution is 2.53. The third-order valence-corrected chi connectivity index (χ3v) is 9.10. The molecule has 0 bridgehead atoms. The van der Waals surface area contributed by atoms with Gasteiger partial charge in [-0.3, -0.25) is 19.7 Å². The van der Waals surface area contributed by atoms with E-state index in [1.807, 2.05) is 31.2 Å². The summed E-state index contributed by atoms with van der Waals surface area (Å²) in [5.74, 6) is -3.10. The van der Waals surface area contributed by atoms with Crippen molar-refractivity contribution in [2.45, 2.75) is 40.0 Å². The van der Waals surface area contributed by atoms with Crippen molar-refractivity contribution in [2.24, 2.45) is 23.2 Å². The molecule has 0 fully saturated rings. The zero-order valence-electron chi connectivity index (χ0n) is 27.2. The number of rotatable bonds is 12. The molecule has 0 radical (unpaired) electrons. The third kappa shape index (κ3) is 10.3. The standard InChI is InChI=1S/C36H37BrClNO10/c1-22-15-28-17-25(12-14-45-35(44)39-31-6-4-5-30(37)19-31)11-13-36(28,34(43)49-21-47-24(3)41)29(16-22)18-32(38)26-7-9-27(10-8-26)33(42)48-20-46-23(2)40/h4-11,13,16,18-19,25,28-29H,12,14-15,17,20-21H2,1-3H3,(H,39,44)/b32-18-/t25-,28-,29-,36-/m0/s1. The maximum Gasteiger partial charge on any atom is 0.411 e. The Balaban J connectivity index is 1.52. The molecule has 0 aliphatic heterocycles. The van der Waals surface area contributed by atoms with Crippen LogP contribution in [-0.2, 0) is 38.1 Å². The van der Waals surface area contributed by atoms with Crippen molar-refractivity contribution in [2.75, 3.05) is 25.5 Å². The molecule has 1 amide bonds. The van der Waals surface area contributed by atoms with Crippen molar-refractivity contribution in [3.8, 4) is 0 Å².